The molecule has 156 valence electrons. The highest BCUT2D eigenvalue weighted by atomic mass is 14.9. The molecule has 0 heterocycles. The van der Waals surface area contributed by atoms with E-state index in [1.807, 2.05) is 0 Å². The van der Waals surface area contributed by atoms with E-state index in [0.717, 1.165) is 11.4 Å². The topological polar surface area (TPSA) is 12.0 Å². The standard InChI is InChI=1S/C32H23N/c1-2-7-23(8-3-1)26-13-14-28-22-30(20-17-27(28)21-26)33-29-18-15-25(16-19-29)32-12-6-10-24-9-4-5-11-31(24)32/h1-22,33H. The van der Waals surface area contributed by atoms with Crippen LogP contribution < -0.4 is 5.32 Å². The molecule has 0 radical (unpaired) electrons. The van der Waals surface area contributed by atoms with Crippen molar-refractivity contribution >= 4 is 32.9 Å². The molecule has 1 heteroatoms. The Bertz CT molecular complexity index is 1560. The predicted octanol–water partition coefficient (Wildman–Crippen LogP) is 9.07. The van der Waals surface area contributed by atoms with Gasteiger partial charge in [-0.1, -0.05) is 103 Å². The van der Waals surface area contributed by atoms with Gasteiger partial charge in [0, 0.05) is 11.4 Å². The van der Waals surface area contributed by atoms with Crippen LogP contribution in [0, 0.1) is 0 Å². The van der Waals surface area contributed by atoms with Crippen molar-refractivity contribution in [1.82, 2.24) is 0 Å². The Kier molecular flexibility index (Phi) is 4.86. The molecule has 0 saturated carbocycles. The summed E-state index contributed by atoms with van der Waals surface area (Å²) in [7, 11) is 0. The van der Waals surface area contributed by atoms with Crippen molar-refractivity contribution in [3.63, 3.8) is 0 Å². The average molecular weight is 422 g/mol. The van der Waals surface area contributed by atoms with Crippen LogP contribution in [-0.4, -0.2) is 0 Å². The lowest BCUT2D eigenvalue weighted by Gasteiger charge is -2.11. The zero-order valence-corrected chi connectivity index (χ0v) is 18.2. The molecular weight excluding hydrogens is 398 g/mol. The summed E-state index contributed by atoms with van der Waals surface area (Å²) in [6.07, 6.45) is 0. The van der Waals surface area contributed by atoms with E-state index in [1.54, 1.807) is 0 Å². The fourth-order valence-electron chi connectivity index (χ4n) is 4.51. The molecule has 0 bridgehead atoms. The average Bonchev–Trinajstić information content (AvgIpc) is 2.89. The minimum atomic E-state index is 1.08. The first-order chi connectivity index (χ1) is 16.3. The zero-order valence-electron chi connectivity index (χ0n) is 18.2. The molecule has 6 aromatic carbocycles. The first kappa shape index (κ1) is 19.3. The third kappa shape index (κ3) is 3.86. The molecule has 0 aliphatic carbocycles. The molecule has 1 N–H and O–H groups in total. The van der Waals surface area contributed by atoms with Gasteiger partial charge in [-0.15, -0.1) is 0 Å². The van der Waals surface area contributed by atoms with Crippen LogP contribution in [0.3, 0.4) is 0 Å². The Labute approximate surface area is 194 Å². The first-order valence-corrected chi connectivity index (χ1v) is 11.3. The summed E-state index contributed by atoms with van der Waals surface area (Å²) in [5, 5.41) is 8.58. The van der Waals surface area contributed by atoms with Crippen molar-refractivity contribution in [2.75, 3.05) is 5.32 Å². The van der Waals surface area contributed by atoms with Gasteiger partial charge in [-0.05, 0) is 74.1 Å². The molecule has 0 atom stereocenters. The van der Waals surface area contributed by atoms with Crippen molar-refractivity contribution in [2.24, 2.45) is 0 Å². The van der Waals surface area contributed by atoms with E-state index in [2.05, 4.69) is 139 Å². The maximum Gasteiger partial charge on any atom is 0.0390 e. The van der Waals surface area contributed by atoms with Gasteiger partial charge < -0.3 is 5.32 Å². The van der Waals surface area contributed by atoms with Gasteiger partial charge in [-0.25, -0.2) is 0 Å². The maximum absolute atomic E-state index is 3.56. The lowest BCUT2D eigenvalue weighted by molar-refractivity contribution is 1.56. The maximum atomic E-state index is 3.56. The van der Waals surface area contributed by atoms with Crippen LogP contribution in [0.15, 0.2) is 133 Å². The van der Waals surface area contributed by atoms with E-state index in [4.69, 9.17) is 0 Å². The number of rotatable bonds is 4. The van der Waals surface area contributed by atoms with Gasteiger partial charge in [-0.3, -0.25) is 0 Å². The van der Waals surface area contributed by atoms with Crippen LogP contribution >= 0.6 is 0 Å². The fourth-order valence-corrected chi connectivity index (χ4v) is 4.51. The van der Waals surface area contributed by atoms with Gasteiger partial charge in [-0.2, -0.15) is 0 Å². The minimum Gasteiger partial charge on any atom is -0.356 e. The summed E-state index contributed by atoms with van der Waals surface area (Å²) in [4.78, 5) is 0. The van der Waals surface area contributed by atoms with Crippen molar-refractivity contribution in [3.8, 4) is 22.3 Å². The third-order valence-corrected chi connectivity index (χ3v) is 6.22. The second kappa shape index (κ2) is 8.29. The quantitative estimate of drug-likeness (QED) is 0.299. The van der Waals surface area contributed by atoms with Gasteiger partial charge in [0.15, 0.2) is 0 Å². The number of fused-ring (bicyclic) bond motifs is 2. The molecule has 0 aromatic heterocycles. The van der Waals surface area contributed by atoms with E-state index < -0.39 is 0 Å². The summed E-state index contributed by atoms with van der Waals surface area (Å²) >= 11 is 0. The molecule has 0 aliphatic rings. The number of nitrogens with one attached hydrogen (secondary N) is 1. The van der Waals surface area contributed by atoms with Crippen LogP contribution in [0.2, 0.25) is 0 Å². The fraction of sp³-hybridized carbons (Fsp3) is 0. The number of anilines is 2. The molecule has 6 aromatic rings. The summed E-state index contributed by atoms with van der Waals surface area (Å²) < 4.78 is 0. The Morgan fingerprint density at radius 1 is 0.364 bits per heavy atom. The van der Waals surface area contributed by atoms with Crippen LogP contribution in [-0.2, 0) is 0 Å². The lowest BCUT2D eigenvalue weighted by Crippen LogP contribution is -1.90. The lowest BCUT2D eigenvalue weighted by atomic mass is 9.98. The first-order valence-electron chi connectivity index (χ1n) is 11.3. The minimum absolute atomic E-state index is 1.08. The Morgan fingerprint density at radius 3 is 1.91 bits per heavy atom. The summed E-state index contributed by atoms with van der Waals surface area (Å²) in [6.45, 7) is 0. The number of benzene rings is 6. The third-order valence-electron chi connectivity index (χ3n) is 6.22. The van der Waals surface area contributed by atoms with Crippen LogP contribution in [0.4, 0.5) is 11.4 Å². The van der Waals surface area contributed by atoms with Crippen molar-refractivity contribution in [2.45, 2.75) is 0 Å². The van der Waals surface area contributed by atoms with E-state index in [0.29, 0.717) is 0 Å². The molecule has 6 rings (SSSR count). The highest BCUT2D eigenvalue weighted by Crippen LogP contribution is 2.31. The van der Waals surface area contributed by atoms with Gasteiger partial charge >= 0.3 is 0 Å². The Balaban J connectivity index is 1.26. The SMILES string of the molecule is c1ccc(-c2ccc3cc(Nc4ccc(-c5cccc6ccccc56)cc4)ccc3c2)cc1. The van der Waals surface area contributed by atoms with Gasteiger partial charge in [0.2, 0.25) is 0 Å². The van der Waals surface area contributed by atoms with E-state index in [9.17, 15) is 0 Å². The summed E-state index contributed by atoms with van der Waals surface area (Å²) in [6, 6.07) is 47.4. The number of hydrogen-bond acceptors (Lipinski definition) is 1. The molecule has 0 fully saturated rings. The van der Waals surface area contributed by atoms with E-state index >= 15 is 0 Å². The van der Waals surface area contributed by atoms with Crippen molar-refractivity contribution in [1.29, 1.82) is 0 Å². The molecule has 1 nitrogen and oxygen atoms in total. The Morgan fingerprint density at radius 2 is 1.03 bits per heavy atom. The second-order valence-electron chi connectivity index (χ2n) is 8.37. The normalized spacial score (nSPS) is 11.0. The summed E-state index contributed by atoms with van der Waals surface area (Å²) in [5.74, 6) is 0. The Hall–Kier alpha value is -4.36. The molecule has 0 aliphatic heterocycles. The van der Waals surface area contributed by atoms with Crippen molar-refractivity contribution < 1.29 is 0 Å². The molecule has 33 heavy (non-hydrogen) atoms. The van der Waals surface area contributed by atoms with Crippen LogP contribution in [0.25, 0.3) is 43.8 Å². The number of hydrogen-bond donors (Lipinski definition) is 1. The zero-order chi connectivity index (χ0) is 22.0. The van der Waals surface area contributed by atoms with E-state index in [-0.39, 0.29) is 0 Å². The highest BCUT2D eigenvalue weighted by Gasteiger charge is 2.05. The second-order valence-corrected chi connectivity index (χ2v) is 8.37. The van der Waals surface area contributed by atoms with Crippen molar-refractivity contribution in [3.05, 3.63) is 133 Å². The monoisotopic (exact) mass is 421 g/mol. The van der Waals surface area contributed by atoms with Gasteiger partial charge in [0.25, 0.3) is 0 Å². The molecule has 0 saturated heterocycles. The van der Waals surface area contributed by atoms with Crippen LogP contribution in [0.1, 0.15) is 0 Å². The smallest absolute Gasteiger partial charge is 0.0390 e. The van der Waals surface area contributed by atoms with Crippen LogP contribution in [0.5, 0.6) is 0 Å². The van der Waals surface area contributed by atoms with E-state index in [1.165, 1.54) is 43.8 Å². The largest absolute Gasteiger partial charge is 0.356 e. The molecule has 0 spiro atoms. The molecule has 0 amide bonds. The highest BCUT2D eigenvalue weighted by molar-refractivity contribution is 5.97. The van der Waals surface area contributed by atoms with Gasteiger partial charge in [0.05, 0.1) is 0 Å². The molecular formula is C32H23N. The predicted molar refractivity (Wildman–Crippen MR) is 142 cm³/mol. The molecule has 0 unspecified atom stereocenters. The van der Waals surface area contributed by atoms with Gasteiger partial charge in [0.1, 0.15) is 0 Å². The summed E-state index contributed by atoms with van der Waals surface area (Å²) in [5.41, 5.74) is 7.15.